The van der Waals surface area contributed by atoms with Crippen LogP contribution in [0.15, 0.2) is 11.6 Å². The first-order valence-electron chi connectivity index (χ1n) is 8.81. The Balaban J connectivity index is 1.73. The number of hydrogen-bond donors (Lipinski definition) is 1. The van der Waals surface area contributed by atoms with E-state index >= 15 is 0 Å². The monoisotopic (exact) mass is 302 g/mol. The summed E-state index contributed by atoms with van der Waals surface area (Å²) < 4.78 is 0. The van der Waals surface area contributed by atoms with Crippen LogP contribution in [0.1, 0.15) is 58.8 Å². The number of aliphatic hydroxyl groups excluding tert-OH is 1. The van der Waals surface area contributed by atoms with Crippen molar-refractivity contribution in [2.45, 2.75) is 64.9 Å². The second-order valence-corrected chi connectivity index (χ2v) is 8.54. The maximum Gasteiger partial charge on any atom is 0.155 e. The Hall–Kier alpha value is -0.960. The number of rotatable bonds is 0. The number of Topliss-reactive ketones (excluding diaryl/α,β-unsaturated/α-hetero) is 1. The van der Waals surface area contributed by atoms with E-state index in [-0.39, 0.29) is 28.3 Å². The van der Waals surface area contributed by atoms with Crippen molar-refractivity contribution >= 4 is 11.6 Å². The average molecular weight is 302 g/mol. The molecule has 0 aromatic heterocycles. The lowest BCUT2D eigenvalue weighted by molar-refractivity contribution is -0.133. The van der Waals surface area contributed by atoms with Gasteiger partial charge in [-0.25, -0.2) is 0 Å². The minimum atomic E-state index is -0.454. The number of carbonyl (C=O) groups is 2. The molecule has 3 nitrogen and oxygen atoms in total. The largest absolute Gasteiger partial charge is 0.392 e. The van der Waals surface area contributed by atoms with Crippen molar-refractivity contribution in [2.24, 2.45) is 28.6 Å². The van der Waals surface area contributed by atoms with Crippen molar-refractivity contribution in [3.63, 3.8) is 0 Å². The second kappa shape index (κ2) is 4.53. The van der Waals surface area contributed by atoms with Gasteiger partial charge in [0.2, 0.25) is 0 Å². The van der Waals surface area contributed by atoms with Crippen LogP contribution in [0.3, 0.4) is 0 Å². The van der Waals surface area contributed by atoms with Gasteiger partial charge in [0.25, 0.3) is 0 Å². The highest BCUT2D eigenvalue weighted by Gasteiger charge is 2.61. The van der Waals surface area contributed by atoms with Crippen LogP contribution in [0.4, 0.5) is 0 Å². The van der Waals surface area contributed by atoms with Crippen molar-refractivity contribution < 1.29 is 14.7 Å². The molecule has 0 aliphatic heterocycles. The van der Waals surface area contributed by atoms with E-state index in [0.717, 1.165) is 32.1 Å². The van der Waals surface area contributed by atoms with Crippen LogP contribution in [0.2, 0.25) is 0 Å². The Morgan fingerprint density at radius 3 is 2.64 bits per heavy atom. The van der Waals surface area contributed by atoms with Gasteiger partial charge in [0.05, 0.1) is 6.10 Å². The third kappa shape index (κ3) is 1.72. The van der Waals surface area contributed by atoms with Crippen molar-refractivity contribution in [3.05, 3.63) is 11.6 Å². The summed E-state index contributed by atoms with van der Waals surface area (Å²) in [4.78, 5) is 24.2. The summed E-state index contributed by atoms with van der Waals surface area (Å²) in [5.74, 6) is 1.65. The van der Waals surface area contributed by atoms with E-state index in [4.69, 9.17) is 0 Å². The molecular formula is C19H26O3. The zero-order valence-corrected chi connectivity index (χ0v) is 13.6. The van der Waals surface area contributed by atoms with Gasteiger partial charge in [-0.05, 0) is 55.4 Å². The molecule has 0 spiro atoms. The topological polar surface area (TPSA) is 54.4 Å². The van der Waals surface area contributed by atoms with Crippen LogP contribution < -0.4 is 0 Å². The zero-order valence-electron chi connectivity index (χ0n) is 13.6. The number of allylic oxidation sites excluding steroid dienone is 1. The molecule has 3 saturated carbocycles. The van der Waals surface area contributed by atoms with Crippen LogP contribution >= 0.6 is 0 Å². The molecule has 0 bridgehead atoms. The molecule has 4 aliphatic carbocycles. The highest BCUT2D eigenvalue weighted by atomic mass is 16.3. The van der Waals surface area contributed by atoms with Crippen molar-refractivity contribution in [2.75, 3.05) is 0 Å². The molecule has 3 fully saturated rings. The first kappa shape index (κ1) is 14.6. The minimum absolute atomic E-state index is 0.115. The summed E-state index contributed by atoms with van der Waals surface area (Å²) in [7, 11) is 0. The van der Waals surface area contributed by atoms with Gasteiger partial charge in [0.1, 0.15) is 5.78 Å². The summed E-state index contributed by atoms with van der Waals surface area (Å²) in [6.45, 7) is 4.42. The maximum atomic E-state index is 12.4. The summed E-state index contributed by atoms with van der Waals surface area (Å²) >= 11 is 0. The summed E-state index contributed by atoms with van der Waals surface area (Å²) in [6, 6.07) is 0. The van der Waals surface area contributed by atoms with Crippen LogP contribution in [-0.4, -0.2) is 22.8 Å². The van der Waals surface area contributed by atoms with Gasteiger partial charge < -0.3 is 5.11 Å². The van der Waals surface area contributed by atoms with Crippen LogP contribution in [0.25, 0.3) is 0 Å². The number of aliphatic hydroxyl groups is 1. The fourth-order valence-electron chi connectivity index (χ4n) is 6.39. The van der Waals surface area contributed by atoms with E-state index in [9.17, 15) is 14.7 Å². The fraction of sp³-hybridized carbons (Fsp3) is 0.789. The molecule has 22 heavy (non-hydrogen) atoms. The van der Waals surface area contributed by atoms with E-state index in [2.05, 4.69) is 13.8 Å². The lowest BCUT2D eigenvalue weighted by Crippen LogP contribution is -2.52. The highest BCUT2D eigenvalue weighted by molar-refractivity contribution is 5.91. The fourth-order valence-corrected chi connectivity index (χ4v) is 6.39. The van der Waals surface area contributed by atoms with Gasteiger partial charge in [-0.2, -0.15) is 0 Å². The highest BCUT2D eigenvalue weighted by Crippen LogP contribution is 2.64. The zero-order chi connectivity index (χ0) is 15.7. The molecule has 6 atom stereocenters. The van der Waals surface area contributed by atoms with E-state index in [1.165, 1.54) is 5.57 Å². The van der Waals surface area contributed by atoms with E-state index in [1.54, 1.807) is 0 Å². The van der Waals surface area contributed by atoms with Crippen molar-refractivity contribution in [1.29, 1.82) is 0 Å². The molecule has 1 N–H and O–H groups in total. The van der Waals surface area contributed by atoms with E-state index in [1.807, 2.05) is 6.08 Å². The molecule has 0 aromatic rings. The smallest absolute Gasteiger partial charge is 0.155 e. The second-order valence-electron chi connectivity index (χ2n) is 8.54. The lowest BCUT2D eigenvalue weighted by Gasteiger charge is -2.57. The van der Waals surface area contributed by atoms with Crippen molar-refractivity contribution in [1.82, 2.24) is 0 Å². The Kier molecular flexibility index (Phi) is 3.01. The van der Waals surface area contributed by atoms with Gasteiger partial charge >= 0.3 is 0 Å². The number of ketones is 2. The van der Waals surface area contributed by atoms with Crippen LogP contribution in [-0.2, 0) is 9.59 Å². The molecule has 4 rings (SSSR count). The van der Waals surface area contributed by atoms with Gasteiger partial charge in [-0.3, -0.25) is 9.59 Å². The molecule has 0 saturated heterocycles. The first-order valence-corrected chi connectivity index (χ1v) is 8.81. The molecule has 120 valence electrons. The molecule has 0 radical (unpaired) electrons. The molecule has 0 unspecified atom stereocenters. The molecular weight excluding hydrogens is 276 g/mol. The molecule has 3 heteroatoms. The third-order valence-electron chi connectivity index (χ3n) is 7.66. The molecule has 0 heterocycles. The minimum Gasteiger partial charge on any atom is -0.392 e. The summed E-state index contributed by atoms with van der Waals surface area (Å²) in [6.07, 6.45) is 7.39. The maximum absolute atomic E-state index is 12.4. The van der Waals surface area contributed by atoms with Gasteiger partial charge in [0, 0.05) is 24.2 Å². The molecule has 0 aromatic carbocycles. The molecule has 0 amide bonds. The molecule has 4 aliphatic rings. The van der Waals surface area contributed by atoms with Crippen molar-refractivity contribution in [3.8, 4) is 0 Å². The third-order valence-corrected chi connectivity index (χ3v) is 7.66. The van der Waals surface area contributed by atoms with E-state index < -0.39 is 6.10 Å². The van der Waals surface area contributed by atoms with Gasteiger partial charge in [0.15, 0.2) is 5.78 Å². The Bertz CT molecular complexity index is 577. The Labute approximate surface area is 132 Å². The number of carbonyl (C=O) groups excluding carboxylic acids is 2. The van der Waals surface area contributed by atoms with Gasteiger partial charge in [-0.1, -0.05) is 19.4 Å². The normalized spacial score (nSPS) is 51.0. The number of fused-ring (bicyclic) bond motifs is 5. The number of hydrogen-bond acceptors (Lipinski definition) is 3. The van der Waals surface area contributed by atoms with Crippen LogP contribution in [0.5, 0.6) is 0 Å². The Morgan fingerprint density at radius 1 is 1.09 bits per heavy atom. The van der Waals surface area contributed by atoms with E-state index in [0.29, 0.717) is 24.7 Å². The average Bonchev–Trinajstić information content (AvgIpc) is 2.70. The SMILES string of the molecule is C[C@]12CCC(=O)C=C1CC[C@H]1[C@H]3[C@@H](O)CC(=O)[C@@]3(C)CC[C@@H]12. The summed E-state index contributed by atoms with van der Waals surface area (Å²) in [5.41, 5.74) is 1.15. The van der Waals surface area contributed by atoms with Gasteiger partial charge in [-0.15, -0.1) is 0 Å². The Morgan fingerprint density at radius 2 is 1.86 bits per heavy atom. The standard InChI is InChI=1S/C19H26O3/c1-18-7-5-12(20)9-11(18)3-4-13-14(18)6-8-19(2)16(22)10-15(21)17(13)19/h9,13-15,17,21H,3-8,10H2,1-2H3/t13-,14+,15+,17+,18+,19-/m1/s1. The van der Waals surface area contributed by atoms with Crippen LogP contribution in [0, 0.1) is 28.6 Å². The quantitative estimate of drug-likeness (QED) is 0.748. The lowest BCUT2D eigenvalue weighted by atomic mass is 9.47. The summed E-state index contributed by atoms with van der Waals surface area (Å²) in [5, 5.41) is 10.5. The predicted octanol–water partition coefficient (Wildman–Crippen LogP) is 3.06. The predicted molar refractivity (Wildman–Crippen MR) is 83.1 cm³/mol. The first-order chi connectivity index (χ1) is 10.4.